The van der Waals surface area contributed by atoms with Gasteiger partial charge in [-0.15, -0.1) is 0 Å². The fourth-order valence-electron chi connectivity index (χ4n) is 3.13. The fraction of sp³-hybridized carbons (Fsp3) is 0.292. The van der Waals surface area contributed by atoms with Crippen LogP contribution in [0.4, 0.5) is 10.5 Å². The minimum absolute atomic E-state index is 0.131. The van der Waals surface area contributed by atoms with Gasteiger partial charge in [0.25, 0.3) is 0 Å². The Morgan fingerprint density at radius 2 is 1.66 bits per heavy atom. The summed E-state index contributed by atoms with van der Waals surface area (Å²) >= 11 is 0. The van der Waals surface area contributed by atoms with Crippen LogP contribution in [0.25, 0.3) is 0 Å². The number of amides is 2. The summed E-state index contributed by atoms with van der Waals surface area (Å²) in [7, 11) is 1.65. The Morgan fingerprint density at radius 1 is 1.00 bits per heavy atom. The second-order valence-electron chi connectivity index (χ2n) is 7.32. The maximum Gasteiger partial charge on any atom is 0.322 e. The number of hydrogen-bond acceptors (Lipinski definition) is 2. The quantitative estimate of drug-likeness (QED) is 0.598. The van der Waals surface area contributed by atoms with Gasteiger partial charge in [-0.05, 0) is 43.7 Å². The molecule has 5 nitrogen and oxygen atoms in total. The van der Waals surface area contributed by atoms with Gasteiger partial charge in [0.1, 0.15) is 0 Å². The van der Waals surface area contributed by atoms with E-state index in [4.69, 9.17) is 4.74 Å². The molecule has 0 unspecified atom stereocenters. The molecule has 0 fully saturated rings. The van der Waals surface area contributed by atoms with Gasteiger partial charge in [-0.2, -0.15) is 0 Å². The molecule has 0 spiro atoms. The number of methoxy groups -OCH3 is 1. The maximum absolute atomic E-state index is 12.9. The van der Waals surface area contributed by atoms with Gasteiger partial charge in [-0.3, -0.25) is 0 Å². The first-order valence-electron chi connectivity index (χ1n) is 9.86. The number of rotatable bonds is 8. The normalized spacial score (nSPS) is 10.7. The number of nitrogens with one attached hydrogen (secondary N) is 1. The van der Waals surface area contributed by atoms with E-state index in [-0.39, 0.29) is 6.03 Å². The van der Waals surface area contributed by atoms with Crippen LogP contribution in [0.3, 0.4) is 0 Å². The van der Waals surface area contributed by atoms with E-state index in [0.29, 0.717) is 19.7 Å². The molecule has 1 heterocycles. The van der Waals surface area contributed by atoms with Crippen LogP contribution in [0.2, 0.25) is 0 Å². The van der Waals surface area contributed by atoms with Crippen molar-refractivity contribution >= 4 is 11.7 Å². The molecule has 0 radical (unpaired) electrons. The zero-order valence-electron chi connectivity index (χ0n) is 17.4. The third-order valence-corrected chi connectivity index (χ3v) is 4.91. The van der Waals surface area contributed by atoms with Crippen LogP contribution in [-0.4, -0.2) is 35.8 Å². The summed E-state index contributed by atoms with van der Waals surface area (Å²) in [6.07, 6.45) is 2.06. The van der Waals surface area contributed by atoms with Crippen molar-refractivity contribution in [3.05, 3.63) is 89.2 Å². The molecule has 2 aromatic carbocycles. The zero-order chi connectivity index (χ0) is 20.6. The molecule has 3 aromatic rings. The molecule has 0 aliphatic rings. The maximum atomic E-state index is 12.9. The topological polar surface area (TPSA) is 46.5 Å². The molecule has 5 heteroatoms. The lowest BCUT2D eigenvalue weighted by Crippen LogP contribution is -2.37. The summed E-state index contributed by atoms with van der Waals surface area (Å²) in [6, 6.07) is 20.3. The Kier molecular flexibility index (Phi) is 7.09. The lowest BCUT2D eigenvalue weighted by molar-refractivity contribution is 0.152. The highest BCUT2D eigenvalue weighted by Gasteiger charge is 2.16. The van der Waals surface area contributed by atoms with Crippen molar-refractivity contribution < 1.29 is 9.53 Å². The number of urea groups is 1. The van der Waals surface area contributed by atoms with Crippen LogP contribution < -0.4 is 5.32 Å². The Balaban J connectivity index is 1.71. The Labute approximate surface area is 172 Å². The molecule has 3 rings (SSSR count). The molecule has 152 valence electrons. The minimum atomic E-state index is -0.131. The lowest BCUT2D eigenvalue weighted by Gasteiger charge is -2.24. The van der Waals surface area contributed by atoms with E-state index in [1.807, 2.05) is 37.3 Å². The average Bonchev–Trinajstić information content (AvgIpc) is 3.15. The van der Waals surface area contributed by atoms with Crippen molar-refractivity contribution in [2.75, 3.05) is 25.6 Å². The van der Waals surface area contributed by atoms with Gasteiger partial charge in [0, 0.05) is 37.8 Å². The van der Waals surface area contributed by atoms with Crippen molar-refractivity contribution in [2.24, 2.45) is 0 Å². The first-order valence-corrected chi connectivity index (χ1v) is 9.86. The SMILES string of the molecule is COCCN(Cc1cccn1Cc1ccc(C)cc1)C(=O)Nc1ccc(C)cc1. The number of anilines is 1. The highest BCUT2D eigenvalue weighted by atomic mass is 16.5. The number of carbonyl (C=O) groups excluding carboxylic acids is 1. The third-order valence-electron chi connectivity index (χ3n) is 4.91. The average molecular weight is 392 g/mol. The van der Waals surface area contributed by atoms with E-state index in [2.05, 4.69) is 53.3 Å². The molecule has 0 saturated carbocycles. The molecule has 0 saturated heterocycles. The molecular weight excluding hydrogens is 362 g/mol. The van der Waals surface area contributed by atoms with Gasteiger partial charge in [0.15, 0.2) is 0 Å². The van der Waals surface area contributed by atoms with Crippen LogP contribution in [0.5, 0.6) is 0 Å². The van der Waals surface area contributed by atoms with Gasteiger partial charge in [-0.1, -0.05) is 47.5 Å². The number of hydrogen-bond donors (Lipinski definition) is 1. The number of ether oxygens (including phenoxy) is 1. The first-order chi connectivity index (χ1) is 14.0. The summed E-state index contributed by atoms with van der Waals surface area (Å²) in [6.45, 7) is 6.41. The van der Waals surface area contributed by atoms with Gasteiger partial charge >= 0.3 is 6.03 Å². The fourth-order valence-corrected chi connectivity index (χ4v) is 3.13. The van der Waals surface area contributed by atoms with Gasteiger partial charge in [0.2, 0.25) is 0 Å². The van der Waals surface area contributed by atoms with Crippen LogP contribution in [0.1, 0.15) is 22.4 Å². The van der Waals surface area contributed by atoms with Crippen LogP contribution in [-0.2, 0) is 17.8 Å². The van der Waals surface area contributed by atoms with Crippen molar-refractivity contribution in [2.45, 2.75) is 26.9 Å². The largest absolute Gasteiger partial charge is 0.383 e. The predicted molar refractivity (Wildman–Crippen MR) is 117 cm³/mol. The molecule has 0 aliphatic carbocycles. The van der Waals surface area contributed by atoms with Crippen molar-refractivity contribution in [3.8, 4) is 0 Å². The smallest absolute Gasteiger partial charge is 0.322 e. The molecule has 0 atom stereocenters. The molecule has 0 aliphatic heterocycles. The summed E-state index contributed by atoms with van der Waals surface area (Å²) in [5.41, 5.74) is 5.52. The summed E-state index contributed by atoms with van der Waals surface area (Å²) in [5.74, 6) is 0. The Hall–Kier alpha value is -3.05. The monoisotopic (exact) mass is 391 g/mol. The van der Waals surface area contributed by atoms with Gasteiger partial charge in [0.05, 0.1) is 13.2 Å². The number of aryl methyl sites for hydroxylation is 2. The van der Waals surface area contributed by atoms with Crippen LogP contribution in [0.15, 0.2) is 66.9 Å². The molecule has 29 heavy (non-hydrogen) atoms. The van der Waals surface area contributed by atoms with E-state index in [1.54, 1.807) is 12.0 Å². The molecule has 0 bridgehead atoms. The number of aromatic nitrogens is 1. The Morgan fingerprint density at radius 3 is 2.31 bits per heavy atom. The van der Waals surface area contributed by atoms with Crippen LogP contribution in [0, 0.1) is 13.8 Å². The van der Waals surface area contributed by atoms with E-state index >= 15 is 0 Å². The standard InChI is InChI=1S/C24H29N3O2/c1-19-6-10-21(11-7-19)17-26-14-4-5-23(26)18-27(15-16-29-3)24(28)25-22-12-8-20(2)9-13-22/h4-14H,15-18H2,1-3H3,(H,25,28). The van der Waals surface area contributed by atoms with E-state index < -0.39 is 0 Å². The number of nitrogens with zero attached hydrogens (tertiary/aromatic N) is 2. The van der Waals surface area contributed by atoms with E-state index in [9.17, 15) is 4.79 Å². The number of carbonyl (C=O) groups is 1. The van der Waals surface area contributed by atoms with Crippen molar-refractivity contribution in [3.63, 3.8) is 0 Å². The minimum Gasteiger partial charge on any atom is -0.383 e. The van der Waals surface area contributed by atoms with Crippen molar-refractivity contribution in [1.82, 2.24) is 9.47 Å². The third kappa shape index (κ3) is 5.96. The van der Waals surface area contributed by atoms with E-state index in [0.717, 1.165) is 23.5 Å². The Bertz CT molecular complexity index is 914. The van der Waals surface area contributed by atoms with E-state index in [1.165, 1.54) is 11.1 Å². The van der Waals surface area contributed by atoms with Gasteiger partial charge < -0.3 is 19.5 Å². The van der Waals surface area contributed by atoms with Crippen LogP contribution >= 0.6 is 0 Å². The molecular formula is C24H29N3O2. The lowest BCUT2D eigenvalue weighted by atomic mass is 10.1. The highest BCUT2D eigenvalue weighted by Crippen LogP contribution is 2.14. The number of benzene rings is 2. The summed E-state index contributed by atoms with van der Waals surface area (Å²) in [5, 5.41) is 2.99. The molecule has 1 N–H and O–H groups in total. The summed E-state index contributed by atoms with van der Waals surface area (Å²) in [4.78, 5) is 14.7. The van der Waals surface area contributed by atoms with Gasteiger partial charge in [-0.25, -0.2) is 4.79 Å². The predicted octanol–water partition coefficient (Wildman–Crippen LogP) is 4.83. The van der Waals surface area contributed by atoms with Crippen molar-refractivity contribution in [1.29, 1.82) is 0 Å². The second-order valence-corrected chi connectivity index (χ2v) is 7.32. The zero-order valence-corrected chi connectivity index (χ0v) is 17.4. The first kappa shape index (κ1) is 20.7. The highest BCUT2D eigenvalue weighted by molar-refractivity contribution is 5.89. The second kappa shape index (κ2) is 9.94. The molecule has 1 aromatic heterocycles. The summed E-state index contributed by atoms with van der Waals surface area (Å²) < 4.78 is 7.40. The molecule has 2 amide bonds.